The van der Waals surface area contributed by atoms with Crippen LogP contribution in [0.15, 0.2) is 86.0 Å². The molecule has 3 amide bonds. The number of hydrogen-bond donors (Lipinski definition) is 1. The summed E-state index contributed by atoms with van der Waals surface area (Å²) in [6.45, 7) is 15.0. The van der Waals surface area contributed by atoms with Gasteiger partial charge in [0.1, 0.15) is 17.7 Å². The highest BCUT2D eigenvalue weighted by molar-refractivity contribution is 5.98. The first-order valence-corrected chi connectivity index (χ1v) is 17.5. The van der Waals surface area contributed by atoms with Crippen molar-refractivity contribution < 1.29 is 33.8 Å². The molecule has 0 radical (unpaired) electrons. The van der Waals surface area contributed by atoms with Crippen LogP contribution in [0.3, 0.4) is 0 Å². The van der Waals surface area contributed by atoms with E-state index in [-0.39, 0.29) is 24.8 Å². The van der Waals surface area contributed by atoms with Crippen molar-refractivity contribution in [2.75, 3.05) is 20.2 Å². The lowest BCUT2D eigenvalue weighted by atomic mass is 9.70. The molecule has 3 aliphatic heterocycles. The minimum atomic E-state index is -1.30. The Kier molecular flexibility index (Phi) is 11.0. The Labute approximate surface area is 295 Å². The number of aliphatic hydroxyl groups is 1. The number of amides is 3. The van der Waals surface area contributed by atoms with E-state index in [0.29, 0.717) is 30.4 Å². The summed E-state index contributed by atoms with van der Waals surface area (Å²) in [6.07, 6.45) is 3.51. The molecule has 10 nitrogen and oxygen atoms in total. The maximum absolute atomic E-state index is 14.9. The number of carbonyl (C=O) groups is 4. The number of likely N-dealkylation sites (N-methyl/N-ethyl adjacent to an activating group) is 1. The van der Waals surface area contributed by atoms with Gasteiger partial charge in [0.15, 0.2) is 0 Å². The quantitative estimate of drug-likeness (QED) is 0.220. The second-order valence-corrected chi connectivity index (χ2v) is 14.7. The summed E-state index contributed by atoms with van der Waals surface area (Å²) in [7, 11) is 1.69. The second kappa shape index (κ2) is 14.9. The van der Waals surface area contributed by atoms with Gasteiger partial charge in [-0.05, 0) is 58.1 Å². The largest absolute Gasteiger partial charge is 0.455 e. The van der Waals surface area contributed by atoms with Crippen LogP contribution in [-0.2, 0) is 28.7 Å². The highest BCUT2D eigenvalue weighted by Crippen LogP contribution is 2.60. The topological polar surface area (TPSA) is 117 Å². The molecule has 0 aromatic heterocycles. The van der Waals surface area contributed by atoms with Crippen molar-refractivity contribution in [1.82, 2.24) is 14.7 Å². The Morgan fingerprint density at radius 3 is 2.24 bits per heavy atom. The summed E-state index contributed by atoms with van der Waals surface area (Å²) >= 11 is 0. The Balaban J connectivity index is 1.55. The number of likely N-dealkylation sites (tertiary alicyclic amines) is 1. The molecule has 3 fully saturated rings. The molecule has 5 rings (SSSR count). The van der Waals surface area contributed by atoms with Crippen LogP contribution in [0.5, 0.6) is 0 Å². The average Bonchev–Trinajstić information content (AvgIpc) is 3.75. The van der Waals surface area contributed by atoms with Crippen LogP contribution in [0.4, 0.5) is 0 Å². The molecule has 10 heteroatoms. The van der Waals surface area contributed by atoms with Crippen LogP contribution in [0.25, 0.3) is 0 Å². The van der Waals surface area contributed by atoms with Gasteiger partial charge in [-0.3, -0.25) is 19.2 Å². The summed E-state index contributed by atoms with van der Waals surface area (Å²) in [6, 6.07) is 15.9. The SMILES string of the molecule is C=CCCC(=O)N(C)[C@H](C)[C@H](OC(=O)[C@@H]1[C@@H]2CC[C@]3(O2)[C@H](C(=O)N(CC=C)C(C)(C)C)N([C@H](CO)c2ccccc2)C(=O)[C@@H]13)c1ccccc1. The smallest absolute Gasteiger partial charge is 0.313 e. The van der Waals surface area contributed by atoms with Crippen LogP contribution in [0.2, 0.25) is 0 Å². The molecule has 0 aliphatic carbocycles. The summed E-state index contributed by atoms with van der Waals surface area (Å²) in [5.41, 5.74) is -0.558. The highest BCUT2D eigenvalue weighted by Gasteiger charge is 2.76. The van der Waals surface area contributed by atoms with E-state index in [1.54, 1.807) is 29.0 Å². The van der Waals surface area contributed by atoms with Gasteiger partial charge in [-0.1, -0.05) is 72.8 Å². The standard InChI is InChI=1S/C40H51N3O7/c1-8-10-21-31(45)41(7)26(3)34(28-19-15-12-16-20-28)49-38(48)32-30-22-23-40(50-30)33(32)36(46)43(29(25-44)27-17-13-11-14-18-27)35(40)37(47)42(24-9-2)39(4,5)6/h8-9,11-20,26,29-30,32-35,44H,1-2,10,21-25H2,3-7H3/t26-,29-,30+,32-,33-,34+,35+,40-/m1/s1. The molecule has 2 bridgehead atoms. The van der Waals surface area contributed by atoms with Crippen LogP contribution in [0.1, 0.15) is 76.7 Å². The number of hydrogen-bond acceptors (Lipinski definition) is 7. The molecule has 3 aliphatic rings. The molecule has 1 spiro atoms. The van der Waals surface area contributed by atoms with Crippen molar-refractivity contribution in [2.24, 2.45) is 11.8 Å². The maximum atomic E-state index is 14.9. The number of nitrogens with zero attached hydrogens (tertiary/aromatic N) is 3. The minimum absolute atomic E-state index is 0.113. The first-order chi connectivity index (χ1) is 23.8. The maximum Gasteiger partial charge on any atom is 0.313 e. The number of benzene rings is 2. The Hall–Kier alpha value is -4.28. The van der Waals surface area contributed by atoms with E-state index >= 15 is 0 Å². The molecule has 50 heavy (non-hydrogen) atoms. The third kappa shape index (κ3) is 6.63. The fourth-order valence-corrected chi connectivity index (χ4v) is 8.10. The molecular formula is C40H51N3O7. The fraction of sp³-hybridized carbons (Fsp3) is 0.500. The van der Waals surface area contributed by atoms with Gasteiger partial charge in [0.05, 0.1) is 36.6 Å². The van der Waals surface area contributed by atoms with Gasteiger partial charge in [0, 0.05) is 25.6 Å². The number of ether oxygens (including phenoxy) is 2. The first-order valence-electron chi connectivity index (χ1n) is 17.5. The zero-order chi connectivity index (χ0) is 36.4. The lowest BCUT2D eigenvalue weighted by molar-refractivity contribution is -0.165. The normalized spacial score (nSPS) is 25.7. The van der Waals surface area contributed by atoms with E-state index in [0.717, 1.165) is 0 Å². The fourth-order valence-electron chi connectivity index (χ4n) is 8.10. The van der Waals surface area contributed by atoms with E-state index in [9.17, 15) is 24.3 Å². The van der Waals surface area contributed by atoms with E-state index in [1.807, 2.05) is 88.4 Å². The molecule has 3 saturated heterocycles. The van der Waals surface area contributed by atoms with Gasteiger partial charge in [0.2, 0.25) is 17.7 Å². The molecule has 3 heterocycles. The Morgan fingerprint density at radius 2 is 1.68 bits per heavy atom. The third-order valence-electron chi connectivity index (χ3n) is 10.7. The number of rotatable bonds is 14. The molecule has 2 aromatic rings. The Morgan fingerprint density at radius 1 is 1.06 bits per heavy atom. The van der Waals surface area contributed by atoms with Gasteiger partial charge in [-0.15, -0.1) is 13.2 Å². The van der Waals surface area contributed by atoms with Gasteiger partial charge in [-0.25, -0.2) is 0 Å². The van der Waals surface area contributed by atoms with Gasteiger partial charge in [0.25, 0.3) is 0 Å². The molecule has 0 unspecified atom stereocenters. The molecular weight excluding hydrogens is 634 g/mol. The van der Waals surface area contributed by atoms with Crippen LogP contribution in [-0.4, -0.2) is 93.0 Å². The van der Waals surface area contributed by atoms with Crippen LogP contribution < -0.4 is 0 Å². The van der Waals surface area contributed by atoms with Crippen LogP contribution >= 0.6 is 0 Å². The van der Waals surface area contributed by atoms with Crippen molar-refractivity contribution >= 4 is 23.7 Å². The number of esters is 1. The number of carbonyl (C=O) groups excluding carboxylic acids is 4. The predicted molar refractivity (Wildman–Crippen MR) is 189 cm³/mol. The number of fused-ring (bicyclic) bond motifs is 1. The minimum Gasteiger partial charge on any atom is -0.455 e. The van der Waals surface area contributed by atoms with Crippen molar-refractivity contribution in [3.63, 3.8) is 0 Å². The number of allylic oxidation sites excluding steroid dienone is 1. The Bertz CT molecular complexity index is 1570. The first kappa shape index (κ1) is 37.0. The predicted octanol–water partition coefficient (Wildman–Crippen LogP) is 5.01. The van der Waals surface area contributed by atoms with Crippen molar-refractivity contribution in [1.29, 1.82) is 0 Å². The third-order valence-corrected chi connectivity index (χ3v) is 10.7. The number of aliphatic hydroxyl groups excluding tert-OH is 1. The summed E-state index contributed by atoms with van der Waals surface area (Å²) in [5.74, 6) is -3.48. The second-order valence-electron chi connectivity index (χ2n) is 14.7. The van der Waals surface area contributed by atoms with Gasteiger partial charge < -0.3 is 29.3 Å². The van der Waals surface area contributed by atoms with E-state index < -0.39 is 71.8 Å². The van der Waals surface area contributed by atoms with E-state index in [2.05, 4.69) is 13.2 Å². The monoisotopic (exact) mass is 685 g/mol. The summed E-state index contributed by atoms with van der Waals surface area (Å²) in [4.78, 5) is 62.0. The lowest BCUT2D eigenvalue weighted by Crippen LogP contribution is -2.60. The molecule has 8 atom stereocenters. The summed E-state index contributed by atoms with van der Waals surface area (Å²) in [5, 5.41) is 10.8. The summed E-state index contributed by atoms with van der Waals surface area (Å²) < 4.78 is 13.1. The molecule has 0 saturated carbocycles. The molecule has 1 N–H and O–H groups in total. The van der Waals surface area contributed by atoms with E-state index in [4.69, 9.17) is 9.47 Å². The van der Waals surface area contributed by atoms with Crippen molar-refractivity contribution in [2.45, 2.75) is 94.9 Å². The van der Waals surface area contributed by atoms with E-state index in [1.165, 1.54) is 4.90 Å². The zero-order valence-corrected chi connectivity index (χ0v) is 29.9. The van der Waals surface area contributed by atoms with Crippen molar-refractivity contribution in [3.8, 4) is 0 Å². The zero-order valence-electron chi connectivity index (χ0n) is 29.9. The van der Waals surface area contributed by atoms with Gasteiger partial charge >= 0.3 is 5.97 Å². The molecule has 268 valence electrons. The highest BCUT2D eigenvalue weighted by atomic mass is 16.6. The van der Waals surface area contributed by atoms with Gasteiger partial charge in [-0.2, -0.15) is 0 Å². The van der Waals surface area contributed by atoms with Crippen LogP contribution in [0, 0.1) is 11.8 Å². The average molecular weight is 686 g/mol. The molecule has 2 aromatic carbocycles. The lowest BCUT2D eigenvalue weighted by Gasteiger charge is -2.43. The van der Waals surface area contributed by atoms with Crippen molar-refractivity contribution in [3.05, 3.63) is 97.1 Å².